The van der Waals surface area contributed by atoms with E-state index in [1.165, 1.54) is 33.3 Å². The topological polar surface area (TPSA) is 139 Å². The highest BCUT2D eigenvalue weighted by molar-refractivity contribution is 6.15. The average Bonchev–Trinajstić information content (AvgIpc) is 3.04. The molecule has 1 atom stereocenters. The van der Waals surface area contributed by atoms with Crippen molar-refractivity contribution >= 4 is 29.2 Å². The molecule has 0 spiro atoms. The summed E-state index contributed by atoms with van der Waals surface area (Å²) in [7, 11) is 2.86. The van der Waals surface area contributed by atoms with Crippen LogP contribution in [0.2, 0.25) is 0 Å². The Labute approximate surface area is 153 Å². The van der Waals surface area contributed by atoms with Crippen molar-refractivity contribution < 1.29 is 28.9 Å². The molecule has 1 unspecified atom stereocenters. The largest absolute Gasteiger partial charge is 0.506 e. The number of carbonyl (C=O) groups excluding carboxylic acids is 1. The van der Waals surface area contributed by atoms with Gasteiger partial charge < -0.3 is 25.1 Å². The van der Waals surface area contributed by atoms with Crippen LogP contribution >= 0.6 is 11.6 Å². The third-order valence-corrected chi connectivity index (χ3v) is 3.68. The number of nitrogens with two attached hydrogens (primary N) is 1. The van der Waals surface area contributed by atoms with Crippen LogP contribution in [-0.2, 0) is 10.7 Å². The molecular weight excluding hydrogens is 368 g/mol. The van der Waals surface area contributed by atoms with Gasteiger partial charge in [0.05, 0.1) is 19.8 Å². The van der Waals surface area contributed by atoms with E-state index in [1.807, 2.05) is 0 Å². The zero-order chi connectivity index (χ0) is 19.4. The lowest BCUT2D eigenvalue weighted by atomic mass is 10.0. The van der Waals surface area contributed by atoms with Gasteiger partial charge in [0.2, 0.25) is 5.78 Å². The summed E-state index contributed by atoms with van der Waals surface area (Å²) >= 11 is 5.70. The van der Waals surface area contributed by atoms with E-state index in [-0.39, 0.29) is 28.6 Å². The number of alkyl halides is 1. The number of halogens is 1. The maximum atomic E-state index is 12.9. The van der Waals surface area contributed by atoms with Gasteiger partial charge in [-0.25, -0.2) is 4.79 Å². The fourth-order valence-corrected chi connectivity index (χ4v) is 2.38. The molecule has 2 rings (SSSR count). The van der Waals surface area contributed by atoms with E-state index in [0.29, 0.717) is 11.5 Å². The number of hydrogen-bond acceptors (Lipinski definition) is 8. The van der Waals surface area contributed by atoms with Gasteiger partial charge in [0.15, 0.2) is 17.2 Å². The zero-order valence-electron chi connectivity index (χ0n) is 14.2. The van der Waals surface area contributed by atoms with Crippen LogP contribution in [0.3, 0.4) is 0 Å². The third kappa shape index (κ3) is 3.80. The molecule has 11 heteroatoms. The van der Waals surface area contributed by atoms with Crippen LogP contribution in [-0.4, -0.2) is 46.3 Å². The number of benzene rings is 1. The minimum Gasteiger partial charge on any atom is -0.493 e. The van der Waals surface area contributed by atoms with Crippen molar-refractivity contribution in [3.8, 4) is 11.5 Å². The molecule has 0 fully saturated rings. The van der Waals surface area contributed by atoms with E-state index < -0.39 is 18.0 Å². The fourth-order valence-electron chi connectivity index (χ4n) is 2.28. The number of aromatic nitrogens is 3. The Kier molecular flexibility index (Phi) is 5.88. The molecule has 3 N–H and O–H groups in total. The molecule has 0 aliphatic heterocycles. The van der Waals surface area contributed by atoms with Crippen LogP contribution in [0, 0.1) is 0 Å². The van der Waals surface area contributed by atoms with Gasteiger partial charge in [-0.3, -0.25) is 4.79 Å². The first kappa shape index (κ1) is 19.3. The number of methoxy groups -OCH3 is 2. The van der Waals surface area contributed by atoms with Crippen molar-refractivity contribution in [1.29, 1.82) is 0 Å². The number of carboxylic acid groups (broad SMARTS) is 1. The lowest BCUT2D eigenvalue weighted by Crippen LogP contribution is -2.13. The highest BCUT2D eigenvalue weighted by Gasteiger charge is 2.28. The predicted molar refractivity (Wildman–Crippen MR) is 90.8 cm³/mol. The molecule has 0 aliphatic rings. The molecule has 1 heterocycles. The van der Waals surface area contributed by atoms with Gasteiger partial charge in [0, 0.05) is 11.8 Å². The minimum atomic E-state index is -1.51. The van der Waals surface area contributed by atoms with Gasteiger partial charge in [0.1, 0.15) is 17.8 Å². The highest BCUT2D eigenvalue weighted by Crippen LogP contribution is 2.33. The average molecular weight is 385 g/mol. The van der Waals surface area contributed by atoms with Crippen molar-refractivity contribution in [2.45, 2.75) is 19.0 Å². The predicted octanol–water partition coefficient (Wildman–Crippen LogP) is 2.06. The molecule has 0 radical (unpaired) electrons. The Balaban J connectivity index is 2.53. The summed E-state index contributed by atoms with van der Waals surface area (Å²) in [5.74, 6) is 0.0654. The molecule has 0 saturated carbocycles. The standard InChI is InChI=1S/C15H17ClN4O6/c1-7(26-15(22)23)12-13(19-20(6-16)18-12)14(21)8-4-10(24-2)11(25-3)5-9(8)17/h4-5,7H,6,17H2,1-3H3,(H,22,23). The quantitative estimate of drug-likeness (QED) is 0.317. The van der Waals surface area contributed by atoms with E-state index in [2.05, 4.69) is 14.9 Å². The van der Waals surface area contributed by atoms with Crippen molar-refractivity contribution in [3.63, 3.8) is 0 Å². The number of nitrogens with zero attached hydrogens (tertiary/aromatic N) is 3. The molecule has 0 saturated heterocycles. The first-order chi connectivity index (χ1) is 12.3. The van der Waals surface area contributed by atoms with Crippen LogP contribution in [0.15, 0.2) is 12.1 Å². The van der Waals surface area contributed by atoms with Gasteiger partial charge in [0.25, 0.3) is 0 Å². The van der Waals surface area contributed by atoms with E-state index in [1.54, 1.807) is 0 Å². The Morgan fingerprint density at radius 2 is 1.88 bits per heavy atom. The zero-order valence-corrected chi connectivity index (χ0v) is 15.0. The SMILES string of the molecule is COc1cc(N)c(C(=O)c2nn(CCl)nc2C(C)OC(=O)O)cc1OC. The molecule has 1 aromatic carbocycles. The lowest BCUT2D eigenvalue weighted by Gasteiger charge is -2.12. The van der Waals surface area contributed by atoms with Crippen molar-refractivity contribution in [3.05, 3.63) is 29.1 Å². The van der Waals surface area contributed by atoms with E-state index in [4.69, 9.17) is 31.9 Å². The number of anilines is 1. The Morgan fingerprint density at radius 3 is 2.42 bits per heavy atom. The Hall–Kier alpha value is -3.01. The molecule has 0 aliphatic carbocycles. The first-order valence-corrected chi connectivity index (χ1v) is 7.82. The van der Waals surface area contributed by atoms with Gasteiger partial charge in [-0.1, -0.05) is 11.6 Å². The van der Waals surface area contributed by atoms with Gasteiger partial charge in [-0.15, -0.1) is 5.10 Å². The number of hydrogen-bond donors (Lipinski definition) is 2. The monoisotopic (exact) mass is 384 g/mol. The molecule has 140 valence electrons. The first-order valence-electron chi connectivity index (χ1n) is 7.29. The molecule has 0 bridgehead atoms. The number of ketones is 1. The molecule has 10 nitrogen and oxygen atoms in total. The van der Waals surface area contributed by atoms with E-state index in [9.17, 15) is 9.59 Å². The maximum absolute atomic E-state index is 12.9. The normalized spacial score (nSPS) is 11.7. The van der Waals surface area contributed by atoms with Crippen molar-refractivity contribution in [2.24, 2.45) is 0 Å². The Morgan fingerprint density at radius 1 is 1.27 bits per heavy atom. The van der Waals surface area contributed by atoms with Crippen LogP contribution in [0.25, 0.3) is 0 Å². The summed E-state index contributed by atoms with van der Waals surface area (Å²) in [5, 5.41) is 16.8. The van der Waals surface area contributed by atoms with Gasteiger partial charge in [-0.2, -0.15) is 9.90 Å². The molecule has 0 amide bonds. The van der Waals surface area contributed by atoms with Crippen molar-refractivity contribution in [2.75, 3.05) is 20.0 Å². The molecule has 26 heavy (non-hydrogen) atoms. The van der Waals surface area contributed by atoms with Crippen LogP contribution in [0.4, 0.5) is 10.5 Å². The van der Waals surface area contributed by atoms with E-state index in [0.717, 1.165) is 4.80 Å². The van der Waals surface area contributed by atoms with Crippen molar-refractivity contribution in [1.82, 2.24) is 15.0 Å². The Bertz CT molecular complexity index is 838. The number of carbonyl (C=O) groups is 2. The molecule has 1 aromatic heterocycles. The summed E-state index contributed by atoms with van der Waals surface area (Å²) < 4.78 is 15.0. The lowest BCUT2D eigenvalue weighted by molar-refractivity contribution is 0.0562. The number of rotatable bonds is 7. The summed E-state index contributed by atoms with van der Waals surface area (Å²) in [6.07, 6.45) is -2.55. The number of ether oxygens (including phenoxy) is 3. The second-order valence-electron chi connectivity index (χ2n) is 5.08. The highest BCUT2D eigenvalue weighted by atomic mass is 35.5. The summed E-state index contributed by atoms with van der Waals surface area (Å²) in [5.41, 5.74) is 6.06. The second-order valence-corrected chi connectivity index (χ2v) is 5.31. The van der Waals surface area contributed by atoms with Crippen LogP contribution in [0.5, 0.6) is 11.5 Å². The summed E-state index contributed by atoms with van der Waals surface area (Å²) in [4.78, 5) is 24.8. The van der Waals surface area contributed by atoms with Crippen LogP contribution < -0.4 is 15.2 Å². The van der Waals surface area contributed by atoms with E-state index >= 15 is 0 Å². The van der Waals surface area contributed by atoms with Crippen LogP contribution in [0.1, 0.15) is 34.8 Å². The fraction of sp³-hybridized carbons (Fsp3) is 0.333. The maximum Gasteiger partial charge on any atom is 0.506 e. The van der Waals surface area contributed by atoms with Gasteiger partial charge in [-0.05, 0) is 13.0 Å². The third-order valence-electron chi connectivity index (χ3n) is 3.47. The summed E-state index contributed by atoms with van der Waals surface area (Å²) in [6.45, 7) is 1.42. The smallest absolute Gasteiger partial charge is 0.493 e. The molecular formula is C15H17ClN4O6. The van der Waals surface area contributed by atoms with Gasteiger partial charge >= 0.3 is 6.16 Å². The minimum absolute atomic E-state index is 0.0206. The second kappa shape index (κ2) is 7.91. The molecule has 2 aromatic rings. The number of nitrogen functional groups attached to an aromatic ring is 1. The summed E-state index contributed by atoms with van der Waals surface area (Å²) in [6, 6.07) is 2.71.